The molecule has 2 aromatic rings. The highest BCUT2D eigenvalue weighted by molar-refractivity contribution is 5.66. The lowest BCUT2D eigenvalue weighted by Gasteiger charge is -2.11. The number of ether oxygens (including phenoxy) is 1. The third kappa shape index (κ3) is 2.43. The first-order valence-electron chi connectivity index (χ1n) is 6.87. The summed E-state index contributed by atoms with van der Waals surface area (Å²) in [6.07, 6.45) is 5.46. The van der Waals surface area contributed by atoms with E-state index in [9.17, 15) is 0 Å². The van der Waals surface area contributed by atoms with Crippen LogP contribution in [0.5, 0.6) is 5.75 Å². The number of nitrogens with two attached hydrogens (primary N) is 1. The van der Waals surface area contributed by atoms with Crippen LogP contribution in [0.3, 0.4) is 0 Å². The molecule has 0 radical (unpaired) electrons. The van der Waals surface area contributed by atoms with E-state index in [0.717, 1.165) is 17.9 Å². The van der Waals surface area contributed by atoms with Gasteiger partial charge in [-0.25, -0.2) is 4.68 Å². The topological polar surface area (TPSA) is 53.1 Å². The molecule has 1 saturated carbocycles. The van der Waals surface area contributed by atoms with Gasteiger partial charge in [-0.15, -0.1) is 0 Å². The first-order chi connectivity index (χ1) is 9.29. The summed E-state index contributed by atoms with van der Waals surface area (Å²) in [5.74, 6) is 1.39. The summed E-state index contributed by atoms with van der Waals surface area (Å²) in [7, 11) is 0. The van der Waals surface area contributed by atoms with Crippen molar-refractivity contribution in [3.05, 3.63) is 36.2 Å². The maximum Gasteiger partial charge on any atom is 0.144 e. The zero-order chi connectivity index (χ0) is 13.2. The van der Waals surface area contributed by atoms with Crippen LogP contribution in [0.15, 0.2) is 30.5 Å². The average molecular weight is 257 g/mol. The van der Waals surface area contributed by atoms with E-state index in [1.165, 1.54) is 18.5 Å². The van der Waals surface area contributed by atoms with Gasteiger partial charge in [0.25, 0.3) is 0 Å². The fourth-order valence-corrected chi connectivity index (χ4v) is 2.14. The van der Waals surface area contributed by atoms with Crippen LogP contribution >= 0.6 is 0 Å². The Bertz CT molecular complexity index is 573. The van der Waals surface area contributed by atoms with E-state index in [0.29, 0.717) is 18.2 Å². The Morgan fingerprint density at radius 1 is 1.37 bits per heavy atom. The zero-order valence-electron chi connectivity index (χ0n) is 11.2. The number of hydrogen-bond acceptors (Lipinski definition) is 3. The summed E-state index contributed by atoms with van der Waals surface area (Å²) in [5, 5.41) is 4.61. The number of nitrogen functional groups attached to an aromatic ring is 1. The standard InChI is InChI=1S/C15H19N3O/c1-2-10-19-14-5-3-4-13(15(14)16)18-9-8-12(17-18)11-6-7-11/h3-5,8-9,11H,2,6-7,10,16H2,1H3. The minimum Gasteiger partial charge on any atom is -0.491 e. The molecule has 1 aromatic heterocycles. The van der Waals surface area contributed by atoms with Crippen molar-refractivity contribution in [1.29, 1.82) is 0 Å². The van der Waals surface area contributed by atoms with E-state index >= 15 is 0 Å². The molecule has 0 atom stereocenters. The molecule has 0 unspecified atom stereocenters. The molecule has 1 fully saturated rings. The number of hydrogen-bond donors (Lipinski definition) is 1. The maximum atomic E-state index is 6.17. The van der Waals surface area contributed by atoms with Crippen LogP contribution in [-0.4, -0.2) is 16.4 Å². The Balaban J connectivity index is 1.89. The molecule has 0 bridgehead atoms. The Hall–Kier alpha value is -1.97. The Morgan fingerprint density at radius 2 is 2.21 bits per heavy atom. The molecule has 100 valence electrons. The van der Waals surface area contributed by atoms with E-state index < -0.39 is 0 Å². The number of aromatic nitrogens is 2. The van der Waals surface area contributed by atoms with Crippen molar-refractivity contribution in [2.24, 2.45) is 0 Å². The maximum absolute atomic E-state index is 6.17. The second-order valence-corrected chi connectivity index (χ2v) is 5.00. The van der Waals surface area contributed by atoms with Crippen LogP contribution in [0.25, 0.3) is 5.69 Å². The molecule has 2 N–H and O–H groups in total. The van der Waals surface area contributed by atoms with Gasteiger partial charge in [-0.2, -0.15) is 5.10 Å². The van der Waals surface area contributed by atoms with Crippen molar-refractivity contribution in [1.82, 2.24) is 9.78 Å². The van der Waals surface area contributed by atoms with Gasteiger partial charge in [0.15, 0.2) is 0 Å². The van der Waals surface area contributed by atoms with Crippen molar-refractivity contribution >= 4 is 5.69 Å². The molecule has 1 aliphatic rings. The van der Waals surface area contributed by atoms with Gasteiger partial charge >= 0.3 is 0 Å². The van der Waals surface area contributed by atoms with E-state index in [-0.39, 0.29) is 0 Å². The predicted octanol–water partition coefficient (Wildman–Crippen LogP) is 3.12. The summed E-state index contributed by atoms with van der Waals surface area (Å²) >= 11 is 0. The Labute approximate surface area is 113 Å². The van der Waals surface area contributed by atoms with Gasteiger partial charge in [0, 0.05) is 12.1 Å². The highest BCUT2D eigenvalue weighted by Crippen LogP contribution is 2.39. The molecule has 1 aliphatic carbocycles. The third-order valence-electron chi connectivity index (χ3n) is 3.36. The molecule has 0 saturated heterocycles. The summed E-state index contributed by atoms with van der Waals surface area (Å²) in [4.78, 5) is 0. The molecule has 4 heteroatoms. The Morgan fingerprint density at radius 3 is 2.95 bits per heavy atom. The van der Waals surface area contributed by atoms with Crippen molar-refractivity contribution in [2.45, 2.75) is 32.1 Å². The smallest absolute Gasteiger partial charge is 0.144 e. The number of benzene rings is 1. The molecule has 1 aromatic carbocycles. The molecule has 0 amide bonds. The molecule has 0 spiro atoms. The van der Waals surface area contributed by atoms with Crippen LogP contribution in [0.2, 0.25) is 0 Å². The van der Waals surface area contributed by atoms with Crippen LogP contribution in [0, 0.1) is 0 Å². The summed E-state index contributed by atoms with van der Waals surface area (Å²) < 4.78 is 7.50. The highest BCUT2D eigenvalue weighted by atomic mass is 16.5. The zero-order valence-corrected chi connectivity index (χ0v) is 11.2. The van der Waals surface area contributed by atoms with Gasteiger partial charge in [-0.3, -0.25) is 0 Å². The van der Waals surface area contributed by atoms with Crippen molar-refractivity contribution in [2.75, 3.05) is 12.3 Å². The lowest BCUT2D eigenvalue weighted by atomic mass is 10.2. The monoisotopic (exact) mass is 257 g/mol. The predicted molar refractivity (Wildman–Crippen MR) is 75.7 cm³/mol. The molecular weight excluding hydrogens is 238 g/mol. The van der Waals surface area contributed by atoms with E-state index in [1.807, 2.05) is 29.1 Å². The molecule has 0 aliphatic heterocycles. The molecular formula is C15H19N3O. The van der Waals surface area contributed by atoms with Crippen molar-refractivity contribution in [3.63, 3.8) is 0 Å². The minimum absolute atomic E-state index is 0.654. The van der Waals surface area contributed by atoms with Crippen LogP contribution in [0.4, 0.5) is 5.69 Å². The summed E-state index contributed by atoms with van der Waals surface area (Å²) in [5.41, 5.74) is 8.88. The lowest BCUT2D eigenvalue weighted by molar-refractivity contribution is 0.319. The summed E-state index contributed by atoms with van der Waals surface area (Å²) in [6.45, 7) is 2.76. The van der Waals surface area contributed by atoms with E-state index in [1.54, 1.807) is 0 Å². The molecule has 3 rings (SSSR count). The van der Waals surface area contributed by atoms with Crippen LogP contribution < -0.4 is 10.5 Å². The molecule has 19 heavy (non-hydrogen) atoms. The number of para-hydroxylation sites is 1. The van der Waals surface area contributed by atoms with Gasteiger partial charge in [0.2, 0.25) is 0 Å². The van der Waals surface area contributed by atoms with E-state index in [2.05, 4.69) is 18.1 Å². The van der Waals surface area contributed by atoms with E-state index in [4.69, 9.17) is 10.5 Å². The fourth-order valence-electron chi connectivity index (χ4n) is 2.14. The number of nitrogens with zero attached hydrogens (tertiary/aromatic N) is 2. The minimum atomic E-state index is 0.654. The number of rotatable bonds is 5. The Kier molecular flexibility index (Phi) is 3.15. The summed E-state index contributed by atoms with van der Waals surface area (Å²) in [6, 6.07) is 7.91. The first-order valence-corrected chi connectivity index (χ1v) is 6.87. The van der Waals surface area contributed by atoms with Gasteiger partial charge in [-0.1, -0.05) is 13.0 Å². The average Bonchev–Trinajstić information content (AvgIpc) is 3.16. The highest BCUT2D eigenvalue weighted by Gasteiger charge is 2.26. The normalized spacial score (nSPS) is 14.6. The van der Waals surface area contributed by atoms with Gasteiger partial charge in [0.1, 0.15) is 11.4 Å². The SMILES string of the molecule is CCCOc1cccc(-n2ccc(C3CC3)n2)c1N. The fraction of sp³-hybridized carbons (Fsp3) is 0.400. The van der Waals surface area contributed by atoms with Gasteiger partial charge in [-0.05, 0) is 37.5 Å². The second-order valence-electron chi connectivity index (χ2n) is 5.00. The van der Waals surface area contributed by atoms with Gasteiger partial charge < -0.3 is 10.5 Å². The second kappa shape index (κ2) is 4.96. The van der Waals surface area contributed by atoms with Crippen LogP contribution in [-0.2, 0) is 0 Å². The lowest BCUT2D eigenvalue weighted by Crippen LogP contribution is -2.04. The van der Waals surface area contributed by atoms with Crippen LogP contribution in [0.1, 0.15) is 37.8 Å². The number of anilines is 1. The third-order valence-corrected chi connectivity index (χ3v) is 3.36. The van der Waals surface area contributed by atoms with Crippen molar-refractivity contribution in [3.8, 4) is 11.4 Å². The van der Waals surface area contributed by atoms with Crippen molar-refractivity contribution < 1.29 is 4.74 Å². The molecule has 4 nitrogen and oxygen atoms in total. The molecule has 1 heterocycles. The first kappa shape index (κ1) is 12.1. The quantitative estimate of drug-likeness (QED) is 0.837. The van der Waals surface area contributed by atoms with Gasteiger partial charge in [0.05, 0.1) is 18.0 Å². The largest absolute Gasteiger partial charge is 0.491 e.